The fourth-order valence-electron chi connectivity index (χ4n) is 3.35. The maximum atomic E-state index is 12.5. The summed E-state index contributed by atoms with van der Waals surface area (Å²) in [6, 6.07) is 21.8. The van der Waals surface area contributed by atoms with Crippen LogP contribution in [-0.2, 0) is 6.61 Å². The molecule has 4 heteroatoms. The summed E-state index contributed by atoms with van der Waals surface area (Å²) in [6.45, 7) is 1.94. The third kappa shape index (κ3) is 4.22. The third-order valence-electron chi connectivity index (χ3n) is 4.86. The van der Waals surface area contributed by atoms with Crippen LogP contribution in [0.15, 0.2) is 71.1 Å². The topological polar surface area (TPSA) is 42.7 Å². The first-order valence-electron chi connectivity index (χ1n) is 9.46. The van der Waals surface area contributed by atoms with Crippen molar-refractivity contribution < 1.29 is 13.9 Å². The first kappa shape index (κ1) is 17.4. The van der Waals surface area contributed by atoms with Gasteiger partial charge in [-0.25, -0.2) is 0 Å². The van der Waals surface area contributed by atoms with E-state index >= 15 is 0 Å². The van der Waals surface area contributed by atoms with Crippen LogP contribution in [0.4, 0.5) is 0 Å². The molecule has 1 aliphatic heterocycles. The molecule has 0 N–H and O–H groups in total. The number of benzene rings is 2. The van der Waals surface area contributed by atoms with E-state index in [2.05, 4.69) is 12.1 Å². The van der Waals surface area contributed by atoms with Crippen LogP contribution in [0, 0.1) is 0 Å². The van der Waals surface area contributed by atoms with E-state index in [1.165, 1.54) is 12.0 Å². The summed E-state index contributed by atoms with van der Waals surface area (Å²) in [4.78, 5) is 14.3. The van der Waals surface area contributed by atoms with Gasteiger partial charge in [-0.1, -0.05) is 42.5 Å². The predicted octanol–water partition coefficient (Wildman–Crippen LogP) is 5.15. The van der Waals surface area contributed by atoms with Gasteiger partial charge in [0.15, 0.2) is 5.76 Å². The van der Waals surface area contributed by atoms with Crippen molar-refractivity contribution in [2.24, 2.45) is 0 Å². The van der Waals surface area contributed by atoms with Crippen molar-refractivity contribution in [1.29, 1.82) is 0 Å². The number of furan rings is 1. The van der Waals surface area contributed by atoms with E-state index in [1.54, 1.807) is 6.07 Å². The maximum absolute atomic E-state index is 12.5. The molecule has 0 unspecified atom stereocenters. The zero-order valence-corrected chi connectivity index (χ0v) is 15.3. The lowest BCUT2D eigenvalue weighted by atomic mass is 10.1. The van der Waals surface area contributed by atoms with Crippen LogP contribution >= 0.6 is 0 Å². The molecule has 4 rings (SSSR count). The molecule has 2 aromatic carbocycles. The smallest absolute Gasteiger partial charge is 0.289 e. The second kappa shape index (κ2) is 8.12. The molecule has 1 aromatic heterocycles. The molecule has 0 saturated carbocycles. The van der Waals surface area contributed by atoms with Gasteiger partial charge in [0.05, 0.1) is 0 Å². The van der Waals surface area contributed by atoms with E-state index in [9.17, 15) is 4.79 Å². The van der Waals surface area contributed by atoms with Gasteiger partial charge in [0.25, 0.3) is 5.91 Å². The highest BCUT2D eigenvalue weighted by molar-refractivity contribution is 5.91. The lowest BCUT2D eigenvalue weighted by Crippen LogP contribution is -2.35. The van der Waals surface area contributed by atoms with E-state index in [0.717, 1.165) is 37.2 Å². The lowest BCUT2D eigenvalue weighted by molar-refractivity contribution is 0.0688. The van der Waals surface area contributed by atoms with Gasteiger partial charge in [-0.15, -0.1) is 0 Å². The Morgan fingerprint density at radius 2 is 1.56 bits per heavy atom. The largest absolute Gasteiger partial charge is 0.486 e. The van der Waals surface area contributed by atoms with Crippen molar-refractivity contribution in [2.45, 2.75) is 25.9 Å². The van der Waals surface area contributed by atoms with Crippen LogP contribution in [0.2, 0.25) is 0 Å². The molecule has 4 nitrogen and oxygen atoms in total. The number of piperidine rings is 1. The first-order chi connectivity index (χ1) is 13.3. The van der Waals surface area contributed by atoms with Gasteiger partial charge in [-0.05, 0) is 54.7 Å². The van der Waals surface area contributed by atoms with Gasteiger partial charge in [-0.2, -0.15) is 0 Å². The van der Waals surface area contributed by atoms with Gasteiger partial charge in [-0.3, -0.25) is 4.79 Å². The summed E-state index contributed by atoms with van der Waals surface area (Å²) in [7, 11) is 0. The third-order valence-corrected chi connectivity index (χ3v) is 4.86. The molecule has 0 spiro atoms. The molecule has 3 aromatic rings. The molecular formula is C23H23NO3. The van der Waals surface area contributed by atoms with Crippen molar-refractivity contribution in [3.05, 3.63) is 78.3 Å². The summed E-state index contributed by atoms with van der Waals surface area (Å²) in [5, 5.41) is 0. The molecule has 1 aliphatic rings. The number of ether oxygens (including phenoxy) is 1. The lowest BCUT2D eigenvalue weighted by Gasteiger charge is -2.25. The normalized spacial score (nSPS) is 14.1. The van der Waals surface area contributed by atoms with Gasteiger partial charge in [0.2, 0.25) is 0 Å². The van der Waals surface area contributed by atoms with E-state index in [4.69, 9.17) is 9.15 Å². The number of carbonyl (C=O) groups is 1. The summed E-state index contributed by atoms with van der Waals surface area (Å²) < 4.78 is 11.5. The average Bonchev–Trinajstić information content (AvgIpc) is 3.22. The summed E-state index contributed by atoms with van der Waals surface area (Å²) in [5.74, 6) is 1.81. The molecule has 1 fully saturated rings. The number of likely N-dealkylation sites (tertiary alicyclic amines) is 1. The van der Waals surface area contributed by atoms with Crippen LogP contribution in [0.1, 0.15) is 35.6 Å². The van der Waals surface area contributed by atoms with E-state index < -0.39 is 0 Å². The molecule has 1 saturated heterocycles. The van der Waals surface area contributed by atoms with Crippen molar-refractivity contribution in [2.75, 3.05) is 13.1 Å². The monoisotopic (exact) mass is 361 g/mol. The highest BCUT2D eigenvalue weighted by atomic mass is 16.5. The molecule has 0 atom stereocenters. The molecule has 0 bridgehead atoms. The second-order valence-corrected chi connectivity index (χ2v) is 6.80. The molecule has 0 aliphatic carbocycles. The highest BCUT2D eigenvalue weighted by Crippen LogP contribution is 2.23. The Balaban J connectivity index is 1.35. The minimum Gasteiger partial charge on any atom is -0.486 e. The van der Waals surface area contributed by atoms with Crippen molar-refractivity contribution >= 4 is 5.91 Å². The van der Waals surface area contributed by atoms with Crippen molar-refractivity contribution in [3.8, 4) is 16.9 Å². The molecule has 138 valence electrons. The minimum absolute atomic E-state index is 0.0202. The summed E-state index contributed by atoms with van der Waals surface area (Å²) in [5.41, 5.74) is 2.33. The van der Waals surface area contributed by atoms with E-state index in [0.29, 0.717) is 18.1 Å². The predicted molar refractivity (Wildman–Crippen MR) is 105 cm³/mol. The van der Waals surface area contributed by atoms with Gasteiger partial charge >= 0.3 is 0 Å². The Bertz CT molecular complexity index is 878. The average molecular weight is 361 g/mol. The Kier molecular flexibility index (Phi) is 5.24. The molecule has 2 heterocycles. The van der Waals surface area contributed by atoms with Crippen LogP contribution in [0.25, 0.3) is 11.1 Å². The summed E-state index contributed by atoms with van der Waals surface area (Å²) >= 11 is 0. The van der Waals surface area contributed by atoms with Gasteiger partial charge < -0.3 is 14.1 Å². The summed E-state index contributed by atoms with van der Waals surface area (Å²) in [6.07, 6.45) is 3.34. The number of hydrogen-bond donors (Lipinski definition) is 0. The second-order valence-electron chi connectivity index (χ2n) is 6.80. The Morgan fingerprint density at radius 3 is 2.30 bits per heavy atom. The van der Waals surface area contributed by atoms with Crippen LogP contribution in [0.3, 0.4) is 0 Å². The number of rotatable bonds is 5. The van der Waals surface area contributed by atoms with E-state index in [-0.39, 0.29) is 5.91 Å². The maximum Gasteiger partial charge on any atom is 0.289 e. The van der Waals surface area contributed by atoms with Crippen LogP contribution in [-0.4, -0.2) is 23.9 Å². The molecular weight excluding hydrogens is 338 g/mol. The van der Waals surface area contributed by atoms with Crippen molar-refractivity contribution in [3.63, 3.8) is 0 Å². The molecule has 0 radical (unpaired) electrons. The Morgan fingerprint density at radius 1 is 0.852 bits per heavy atom. The van der Waals surface area contributed by atoms with Gasteiger partial charge in [0, 0.05) is 13.1 Å². The highest BCUT2D eigenvalue weighted by Gasteiger charge is 2.21. The Hall–Kier alpha value is -3.01. The SMILES string of the molecule is O=C(c1ccc(COc2ccc(-c3ccccc3)cc2)o1)N1CCCCC1. The fourth-order valence-corrected chi connectivity index (χ4v) is 3.35. The van der Waals surface area contributed by atoms with Crippen LogP contribution in [0.5, 0.6) is 5.75 Å². The van der Waals surface area contributed by atoms with Crippen molar-refractivity contribution in [1.82, 2.24) is 4.90 Å². The first-order valence-corrected chi connectivity index (χ1v) is 9.46. The minimum atomic E-state index is -0.0202. The van der Waals surface area contributed by atoms with Gasteiger partial charge in [0.1, 0.15) is 18.1 Å². The number of amides is 1. The zero-order chi connectivity index (χ0) is 18.5. The number of hydrogen-bond acceptors (Lipinski definition) is 3. The zero-order valence-electron chi connectivity index (χ0n) is 15.3. The molecule has 1 amide bonds. The fraction of sp³-hybridized carbons (Fsp3) is 0.261. The number of carbonyl (C=O) groups excluding carboxylic acids is 1. The Labute approximate surface area is 159 Å². The quantitative estimate of drug-likeness (QED) is 0.631. The standard InChI is InChI=1S/C23H23NO3/c25-23(24-15-5-2-6-16-24)22-14-13-21(27-22)17-26-20-11-9-19(10-12-20)18-7-3-1-4-8-18/h1,3-4,7-14H,2,5-6,15-17H2. The van der Waals surface area contributed by atoms with Crippen LogP contribution < -0.4 is 4.74 Å². The van der Waals surface area contributed by atoms with E-state index in [1.807, 2.05) is 53.4 Å². The number of nitrogens with zero attached hydrogens (tertiary/aromatic N) is 1. The molecule has 27 heavy (non-hydrogen) atoms.